The maximum absolute atomic E-state index is 12.8. The number of amides is 1. The first-order chi connectivity index (χ1) is 13.9. The van der Waals surface area contributed by atoms with Crippen LogP contribution >= 0.6 is 11.3 Å². The predicted molar refractivity (Wildman–Crippen MR) is 110 cm³/mol. The Morgan fingerprint density at radius 3 is 2.66 bits per heavy atom. The second kappa shape index (κ2) is 7.06. The molecule has 0 unspecified atom stereocenters. The van der Waals surface area contributed by atoms with Gasteiger partial charge in [0.1, 0.15) is 15.5 Å². The normalized spacial score (nSPS) is 11.0. The van der Waals surface area contributed by atoms with E-state index in [2.05, 4.69) is 20.3 Å². The number of aryl methyl sites for hydroxylation is 2. The summed E-state index contributed by atoms with van der Waals surface area (Å²) in [4.78, 5) is 50.5. The van der Waals surface area contributed by atoms with Crippen molar-refractivity contribution in [2.24, 2.45) is 14.1 Å². The lowest BCUT2D eigenvalue weighted by molar-refractivity contribution is 0.103. The highest BCUT2D eigenvalue weighted by molar-refractivity contribution is 7.17. The lowest BCUT2D eigenvalue weighted by atomic mass is 10.3. The molecule has 0 radical (unpaired) electrons. The molecule has 0 bridgehead atoms. The molecule has 29 heavy (non-hydrogen) atoms. The second-order valence-electron chi connectivity index (χ2n) is 6.40. The van der Waals surface area contributed by atoms with Gasteiger partial charge in [0.15, 0.2) is 0 Å². The molecule has 146 valence electrons. The molecular formula is C19H16N6O3S. The predicted octanol–water partition coefficient (Wildman–Crippen LogP) is 1.71. The number of carbonyl (C=O) groups is 1. The van der Waals surface area contributed by atoms with Crippen LogP contribution in [0.15, 0.2) is 46.2 Å². The third kappa shape index (κ3) is 3.23. The standard InChI is InChI=1S/C19H16N6O3S/c1-10-14(29-17(22-10)13-6-4-5-7-20-13)16(26)23-11-8-12-15(21-9-11)24(2)19(28)25(3)18(12)27/h4-9H,1-3H3,(H,23,26). The van der Waals surface area contributed by atoms with E-state index in [0.717, 1.165) is 4.57 Å². The molecule has 0 atom stereocenters. The fourth-order valence-electron chi connectivity index (χ4n) is 2.93. The van der Waals surface area contributed by atoms with Crippen molar-refractivity contribution in [3.8, 4) is 10.7 Å². The highest BCUT2D eigenvalue weighted by Gasteiger charge is 2.18. The van der Waals surface area contributed by atoms with Crippen LogP contribution in [0.25, 0.3) is 21.7 Å². The summed E-state index contributed by atoms with van der Waals surface area (Å²) >= 11 is 1.24. The average Bonchev–Trinajstić information content (AvgIpc) is 3.13. The van der Waals surface area contributed by atoms with Gasteiger partial charge in [0.2, 0.25) is 0 Å². The summed E-state index contributed by atoms with van der Waals surface area (Å²) in [6.07, 6.45) is 3.08. The highest BCUT2D eigenvalue weighted by atomic mass is 32.1. The number of aromatic nitrogens is 5. The molecule has 1 N–H and O–H groups in total. The van der Waals surface area contributed by atoms with Crippen LogP contribution in [-0.2, 0) is 14.1 Å². The number of nitrogens with one attached hydrogen (secondary N) is 1. The molecule has 0 aromatic carbocycles. The van der Waals surface area contributed by atoms with Gasteiger partial charge in [0.25, 0.3) is 11.5 Å². The van der Waals surface area contributed by atoms with Crippen molar-refractivity contribution in [2.45, 2.75) is 6.92 Å². The van der Waals surface area contributed by atoms with Crippen LogP contribution in [0.5, 0.6) is 0 Å². The van der Waals surface area contributed by atoms with Crippen LogP contribution in [0.3, 0.4) is 0 Å². The first-order valence-electron chi connectivity index (χ1n) is 8.63. The molecule has 0 saturated carbocycles. The number of anilines is 1. The lowest BCUT2D eigenvalue weighted by Crippen LogP contribution is -2.37. The van der Waals surface area contributed by atoms with Gasteiger partial charge in [-0.15, -0.1) is 11.3 Å². The van der Waals surface area contributed by atoms with Crippen LogP contribution in [0.1, 0.15) is 15.4 Å². The van der Waals surface area contributed by atoms with E-state index in [1.165, 1.54) is 42.3 Å². The van der Waals surface area contributed by atoms with Crippen LogP contribution in [0.4, 0.5) is 5.69 Å². The van der Waals surface area contributed by atoms with E-state index in [9.17, 15) is 14.4 Å². The number of nitrogens with zero attached hydrogens (tertiary/aromatic N) is 5. The molecule has 4 heterocycles. The molecule has 0 aliphatic heterocycles. The zero-order chi connectivity index (χ0) is 20.7. The quantitative estimate of drug-likeness (QED) is 0.552. The molecule has 1 amide bonds. The van der Waals surface area contributed by atoms with Gasteiger partial charge in [-0.25, -0.2) is 14.8 Å². The molecular weight excluding hydrogens is 392 g/mol. The third-order valence-corrected chi connectivity index (χ3v) is 5.62. The number of hydrogen-bond donors (Lipinski definition) is 1. The molecule has 0 aliphatic rings. The number of pyridine rings is 2. The molecule has 0 saturated heterocycles. The summed E-state index contributed by atoms with van der Waals surface area (Å²) in [7, 11) is 2.93. The van der Waals surface area contributed by atoms with E-state index in [1.807, 2.05) is 18.2 Å². The minimum Gasteiger partial charge on any atom is -0.320 e. The van der Waals surface area contributed by atoms with Crippen LogP contribution in [0.2, 0.25) is 0 Å². The molecule has 4 rings (SSSR count). The summed E-state index contributed by atoms with van der Waals surface area (Å²) < 4.78 is 2.29. The summed E-state index contributed by atoms with van der Waals surface area (Å²) in [6.45, 7) is 1.75. The molecule has 4 aromatic rings. The Hall–Kier alpha value is -3.66. The first kappa shape index (κ1) is 18.7. The van der Waals surface area contributed by atoms with Crippen molar-refractivity contribution < 1.29 is 4.79 Å². The summed E-state index contributed by atoms with van der Waals surface area (Å²) in [5.41, 5.74) is 0.941. The van der Waals surface area contributed by atoms with E-state index in [1.54, 1.807) is 13.1 Å². The maximum Gasteiger partial charge on any atom is 0.332 e. The minimum atomic E-state index is -0.474. The number of thiazole rings is 1. The van der Waals surface area contributed by atoms with Crippen molar-refractivity contribution in [3.05, 3.63) is 68.1 Å². The Labute approximate surface area is 168 Å². The molecule has 0 spiro atoms. The van der Waals surface area contributed by atoms with Gasteiger partial charge in [-0.2, -0.15) is 0 Å². The van der Waals surface area contributed by atoms with Gasteiger partial charge in [0, 0.05) is 20.3 Å². The number of hydrogen-bond acceptors (Lipinski definition) is 7. The van der Waals surface area contributed by atoms with Crippen LogP contribution in [0, 0.1) is 6.92 Å². The SMILES string of the molecule is Cc1nc(-c2ccccn2)sc1C(=O)Nc1cnc2c(c1)c(=O)n(C)c(=O)n2C. The number of rotatable bonds is 3. The molecule has 10 heteroatoms. The van der Waals surface area contributed by atoms with Gasteiger partial charge >= 0.3 is 5.69 Å². The van der Waals surface area contributed by atoms with E-state index >= 15 is 0 Å². The Bertz CT molecular complexity index is 1370. The van der Waals surface area contributed by atoms with Crippen LogP contribution < -0.4 is 16.6 Å². The molecule has 9 nitrogen and oxygen atoms in total. The van der Waals surface area contributed by atoms with Crippen molar-refractivity contribution >= 4 is 34.0 Å². The molecule has 4 aromatic heterocycles. The maximum atomic E-state index is 12.8. The summed E-state index contributed by atoms with van der Waals surface area (Å²) in [6, 6.07) is 7.00. The zero-order valence-corrected chi connectivity index (χ0v) is 16.6. The average molecular weight is 408 g/mol. The van der Waals surface area contributed by atoms with Crippen molar-refractivity contribution in [2.75, 3.05) is 5.32 Å². The number of fused-ring (bicyclic) bond motifs is 1. The Kier molecular flexibility index (Phi) is 4.55. The second-order valence-corrected chi connectivity index (χ2v) is 7.40. The number of carbonyl (C=O) groups excluding carboxylic acids is 1. The molecule has 0 fully saturated rings. The van der Waals surface area contributed by atoms with Gasteiger partial charge in [-0.3, -0.25) is 23.7 Å². The van der Waals surface area contributed by atoms with E-state index < -0.39 is 11.2 Å². The lowest BCUT2D eigenvalue weighted by Gasteiger charge is -2.08. The molecule has 0 aliphatic carbocycles. The van der Waals surface area contributed by atoms with Crippen molar-refractivity contribution in [3.63, 3.8) is 0 Å². The largest absolute Gasteiger partial charge is 0.332 e. The third-order valence-electron chi connectivity index (χ3n) is 4.44. The summed E-state index contributed by atoms with van der Waals surface area (Å²) in [5.74, 6) is -0.357. The highest BCUT2D eigenvalue weighted by Crippen LogP contribution is 2.27. The topological polar surface area (TPSA) is 112 Å². The summed E-state index contributed by atoms with van der Waals surface area (Å²) in [5, 5.41) is 3.64. The van der Waals surface area contributed by atoms with E-state index in [0.29, 0.717) is 27.0 Å². The zero-order valence-electron chi connectivity index (χ0n) is 15.8. The smallest absolute Gasteiger partial charge is 0.320 e. The van der Waals surface area contributed by atoms with Crippen LogP contribution in [-0.4, -0.2) is 30.0 Å². The monoisotopic (exact) mass is 408 g/mol. The van der Waals surface area contributed by atoms with Crippen molar-refractivity contribution in [1.29, 1.82) is 0 Å². The first-order valence-corrected chi connectivity index (χ1v) is 9.44. The van der Waals surface area contributed by atoms with Crippen molar-refractivity contribution in [1.82, 2.24) is 24.1 Å². The Balaban J connectivity index is 1.69. The van der Waals surface area contributed by atoms with Gasteiger partial charge in [-0.1, -0.05) is 6.07 Å². The van der Waals surface area contributed by atoms with E-state index in [-0.39, 0.29) is 16.9 Å². The fraction of sp³-hybridized carbons (Fsp3) is 0.158. The van der Waals surface area contributed by atoms with Gasteiger partial charge in [0.05, 0.1) is 28.7 Å². The Morgan fingerprint density at radius 2 is 1.93 bits per heavy atom. The minimum absolute atomic E-state index is 0.239. The fourth-order valence-corrected chi connectivity index (χ4v) is 3.87. The Morgan fingerprint density at radius 1 is 1.14 bits per heavy atom. The van der Waals surface area contributed by atoms with E-state index in [4.69, 9.17) is 0 Å². The van der Waals surface area contributed by atoms with Gasteiger partial charge in [-0.05, 0) is 25.1 Å². The van der Waals surface area contributed by atoms with Gasteiger partial charge < -0.3 is 5.32 Å².